The summed E-state index contributed by atoms with van der Waals surface area (Å²) in [5, 5.41) is 8.01. The number of aryl methyl sites for hydroxylation is 1. The number of hydrogen-bond donors (Lipinski definition) is 1. The zero-order valence-corrected chi connectivity index (χ0v) is 9.79. The number of nitrogens with zero attached hydrogens (tertiary/aromatic N) is 2. The molecule has 15 heavy (non-hydrogen) atoms. The maximum atomic E-state index is 4.62. The van der Waals surface area contributed by atoms with Crippen molar-refractivity contribution < 1.29 is 0 Å². The van der Waals surface area contributed by atoms with Crippen LogP contribution in [0.5, 0.6) is 0 Å². The van der Waals surface area contributed by atoms with Gasteiger partial charge in [-0.1, -0.05) is 19.8 Å². The number of rotatable bonds is 4. The highest BCUT2D eigenvalue weighted by Crippen LogP contribution is 2.34. The molecule has 3 heteroatoms. The van der Waals surface area contributed by atoms with E-state index in [4.69, 9.17) is 0 Å². The van der Waals surface area contributed by atoms with Crippen LogP contribution in [0.25, 0.3) is 0 Å². The molecule has 0 atom stereocenters. The average Bonchev–Trinajstić information content (AvgIpc) is 2.83. The van der Waals surface area contributed by atoms with Crippen molar-refractivity contribution in [2.75, 3.05) is 6.54 Å². The molecule has 1 N–H and O–H groups in total. The fourth-order valence-corrected chi connectivity index (χ4v) is 2.49. The third-order valence-electron chi connectivity index (χ3n) is 3.24. The molecule has 0 bridgehead atoms. The predicted molar refractivity (Wildman–Crippen MR) is 61.8 cm³/mol. The van der Waals surface area contributed by atoms with Crippen molar-refractivity contribution in [3.8, 4) is 0 Å². The zero-order valence-electron chi connectivity index (χ0n) is 9.79. The molecule has 0 aliphatic heterocycles. The Morgan fingerprint density at radius 1 is 1.47 bits per heavy atom. The van der Waals surface area contributed by atoms with E-state index in [0.717, 1.165) is 19.0 Å². The second kappa shape index (κ2) is 4.79. The minimum absolute atomic E-state index is 0.722. The Bertz CT molecular complexity index is 311. The lowest BCUT2D eigenvalue weighted by Crippen LogP contribution is -2.13. The van der Waals surface area contributed by atoms with Crippen LogP contribution in [0.1, 0.15) is 49.8 Å². The van der Waals surface area contributed by atoms with Crippen LogP contribution in [-0.2, 0) is 13.6 Å². The molecule has 1 aliphatic carbocycles. The van der Waals surface area contributed by atoms with E-state index < -0.39 is 0 Å². The minimum atomic E-state index is 0.722. The van der Waals surface area contributed by atoms with Gasteiger partial charge in [0.1, 0.15) is 0 Å². The molecule has 3 nitrogen and oxygen atoms in total. The fraction of sp³-hybridized carbons (Fsp3) is 0.750. The van der Waals surface area contributed by atoms with Gasteiger partial charge in [-0.3, -0.25) is 4.68 Å². The van der Waals surface area contributed by atoms with E-state index in [2.05, 4.69) is 23.5 Å². The van der Waals surface area contributed by atoms with Crippen molar-refractivity contribution in [1.82, 2.24) is 15.1 Å². The second-order valence-corrected chi connectivity index (χ2v) is 4.47. The van der Waals surface area contributed by atoms with E-state index in [1.807, 2.05) is 11.7 Å². The lowest BCUT2D eigenvalue weighted by Gasteiger charge is -2.08. The first-order valence-electron chi connectivity index (χ1n) is 6.04. The largest absolute Gasteiger partial charge is 0.313 e. The highest BCUT2D eigenvalue weighted by molar-refractivity contribution is 5.21. The molecular formula is C12H21N3. The molecule has 2 rings (SSSR count). The normalized spacial score (nSPS) is 17.5. The molecule has 0 spiro atoms. The van der Waals surface area contributed by atoms with Gasteiger partial charge in [0.05, 0.1) is 5.69 Å². The fourth-order valence-electron chi connectivity index (χ4n) is 2.49. The zero-order chi connectivity index (χ0) is 10.7. The molecular weight excluding hydrogens is 186 g/mol. The molecule has 0 aromatic carbocycles. The minimum Gasteiger partial charge on any atom is -0.313 e. The van der Waals surface area contributed by atoms with Crippen LogP contribution >= 0.6 is 0 Å². The summed E-state index contributed by atoms with van der Waals surface area (Å²) in [6.07, 6.45) is 7.58. The van der Waals surface area contributed by atoms with E-state index in [9.17, 15) is 0 Å². The predicted octanol–water partition coefficient (Wildman–Crippen LogP) is 2.19. The van der Waals surface area contributed by atoms with Crippen LogP contribution in [0.4, 0.5) is 0 Å². The molecule has 1 aromatic heterocycles. The van der Waals surface area contributed by atoms with Gasteiger partial charge >= 0.3 is 0 Å². The summed E-state index contributed by atoms with van der Waals surface area (Å²) in [6, 6.07) is 0. The lowest BCUT2D eigenvalue weighted by atomic mass is 10.0. The van der Waals surface area contributed by atoms with Crippen molar-refractivity contribution in [3.63, 3.8) is 0 Å². The Hall–Kier alpha value is -0.830. The van der Waals surface area contributed by atoms with Crippen LogP contribution in [0, 0.1) is 0 Å². The maximum Gasteiger partial charge on any atom is 0.0700 e. The second-order valence-electron chi connectivity index (χ2n) is 4.47. The van der Waals surface area contributed by atoms with Crippen molar-refractivity contribution in [2.24, 2.45) is 7.05 Å². The molecule has 0 amide bonds. The Morgan fingerprint density at radius 2 is 2.20 bits per heavy atom. The first kappa shape index (κ1) is 10.7. The molecule has 0 saturated heterocycles. The molecule has 84 valence electrons. The molecule has 1 aromatic rings. The Morgan fingerprint density at radius 3 is 2.87 bits per heavy atom. The van der Waals surface area contributed by atoms with Crippen molar-refractivity contribution in [3.05, 3.63) is 17.5 Å². The van der Waals surface area contributed by atoms with Crippen LogP contribution in [0.15, 0.2) is 6.20 Å². The Kier molecular flexibility index (Phi) is 3.41. The molecule has 0 radical (unpaired) electrons. The van der Waals surface area contributed by atoms with Gasteiger partial charge in [-0.05, 0) is 19.4 Å². The smallest absolute Gasteiger partial charge is 0.0700 e. The summed E-state index contributed by atoms with van der Waals surface area (Å²) in [7, 11) is 2.02. The van der Waals surface area contributed by atoms with Crippen LogP contribution in [-0.4, -0.2) is 16.3 Å². The SMILES string of the molecule is CCNCc1cn(C)nc1C1CCCC1. The molecule has 1 fully saturated rings. The summed E-state index contributed by atoms with van der Waals surface area (Å²) >= 11 is 0. The van der Waals surface area contributed by atoms with Crippen molar-refractivity contribution in [2.45, 2.75) is 45.1 Å². The summed E-state index contributed by atoms with van der Waals surface area (Å²) in [4.78, 5) is 0. The van der Waals surface area contributed by atoms with Crippen LogP contribution in [0.3, 0.4) is 0 Å². The maximum absolute atomic E-state index is 4.62. The van der Waals surface area contributed by atoms with Gasteiger partial charge in [0, 0.05) is 31.3 Å². The third-order valence-corrected chi connectivity index (χ3v) is 3.24. The van der Waals surface area contributed by atoms with Crippen molar-refractivity contribution >= 4 is 0 Å². The standard InChI is InChI=1S/C12H21N3/c1-3-13-8-11-9-15(2)14-12(11)10-6-4-5-7-10/h9-10,13H,3-8H2,1-2H3. The van der Waals surface area contributed by atoms with Gasteiger partial charge in [0.2, 0.25) is 0 Å². The Balaban J connectivity index is 2.13. The highest BCUT2D eigenvalue weighted by Gasteiger charge is 2.22. The Labute approximate surface area is 91.9 Å². The van der Waals surface area contributed by atoms with Crippen molar-refractivity contribution in [1.29, 1.82) is 0 Å². The highest BCUT2D eigenvalue weighted by atomic mass is 15.3. The van der Waals surface area contributed by atoms with Crippen LogP contribution < -0.4 is 5.32 Å². The summed E-state index contributed by atoms with van der Waals surface area (Å²) in [5.74, 6) is 0.722. The van der Waals surface area contributed by atoms with E-state index in [-0.39, 0.29) is 0 Å². The number of hydrogen-bond acceptors (Lipinski definition) is 2. The first-order valence-corrected chi connectivity index (χ1v) is 6.04. The average molecular weight is 207 g/mol. The number of nitrogens with one attached hydrogen (secondary N) is 1. The third kappa shape index (κ3) is 2.40. The van der Waals surface area contributed by atoms with Gasteiger partial charge in [0.25, 0.3) is 0 Å². The number of aromatic nitrogens is 2. The van der Waals surface area contributed by atoms with Gasteiger partial charge in [-0.2, -0.15) is 5.10 Å². The summed E-state index contributed by atoms with van der Waals surface area (Å²) < 4.78 is 1.96. The van der Waals surface area contributed by atoms with Gasteiger partial charge < -0.3 is 5.32 Å². The topological polar surface area (TPSA) is 29.9 Å². The monoisotopic (exact) mass is 207 g/mol. The molecule has 1 heterocycles. The molecule has 0 unspecified atom stereocenters. The quantitative estimate of drug-likeness (QED) is 0.820. The van der Waals surface area contributed by atoms with Gasteiger partial charge in [-0.25, -0.2) is 0 Å². The van der Waals surface area contributed by atoms with E-state index >= 15 is 0 Å². The van der Waals surface area contributed by atoms with E-state index in [1.165, 1.54) is 36.9 Å². The van der Waals surface area contributed by atoms with E-state index in [0.29, 0.717) is 0 Å². The summed E-state index contributed by atoms with van der Waals surface area (Å²) in [6.45, 7) is 4.14. The summed E-state index contributed by atoms with van der Waals surface area (Å²) in [5.41, 5.74) is 2.74. The lowest BCUT2D eigenvalue weighted by molar-refractivity contribution is 0.645. The van der Waals surface area contributed by atoms with E-state index in [1.54, 1.807) is 0 Å². The van der Waals surface area contributed by atoms with Crippen LogP contribution in [0.2, 0.25) is 0 Å². The molecule has 1 aliphatic rings. The molecule has 1 saturated carbocycles. The van der Waals surface area contributed by atoms with Gasteiger partial charge in [0.15, 0.2) is 0 Å². The first-order chi connectivity index (χ1) is 7.31. The van der Waals surface area contributed by atoms with Gasteiger partial charge in [-0.15, -0.1) is 0 Å².